The van der Waals surface area contributed by atoms with E-state index >= 15 is 0 Å². The first-order valence-electron chi connectivity index (χ1n) is 7.23. The van der Waals surface area contributed by atoms with Crippen LogP contribution in [0.25, 0.3) is 0 Å². The topological polar surface area (TPSA) is 82.4 Å². The van der Waals surface area contributed by atoms with Crippen LogP contribution in [0.5, 0.6) is 0 Å². The minimum absolute atomic E-state index is 0.0678. The number of aliphatic hydroxyl groups excluding tert-OH is 1. The number of aromatic nitrogens is 2. The predicted molar refractivity (Wildman–Crippen MR) is 79.8 cm³/mol. The van der Waals surface area contributed by atoms with Gasteiger partial charge in [-0.15, -0.1) is 0 Å². The molecule has 1 unspecified atom stereocenters. The van der Waals surface area contributed by atoms with Gasteiger partial charge in [0.25, 0.3) is 0 Å². The van der Waals surface area contributed by atoms with Gasteiger partial charge in [-0.2, -0.15) is 5.10 Å². The molecule has 1 fully saturated rings. The highest BCUT2D eigenvalue weighted by atomic mass is 16.3. The largest absolute Gasteiger partial charge is 0.396 e. The van der Waals surface area contributed by atoms with Gasteiger partial charge in [-0.05, 0) is 26.9 Å². The highest BCUT2D eigenvalue weighted by molar-refractivity contribution is 5.74. The van der Waals surface area contributed by atoms with Gasteiger partial charge in [-0.3, -0.25) is 4.68 Å². The number of aliphatic hydroxyl groups is 1. The van der Waals surface area contributed by atoms with E-state index in [-0.39, 0.29) is 24.1 Å². The average Bonchev–Trinajstić information content (AvgIpc) is 3.12. The van der Waals surface area contributed by atoms with E-state index in [2.05, 4.69) is 15.7 Å². The quantitative estimate of drug-likeness (QED) is 0.666. The summed E-state index contributed by atoms with van der Waals surface area (Å²) in [4.78, 5) is 13.9. The van der Waals surface area contributed by atoms with Crippen LogP contribution in [0, 0.1) is 5.41 Å². The summed E-state index contributed by atoms with van der Waals surface area (Å²) in [6, 6.07) is -0.109. The Morgan fingerprint density at radius 1 is 1.52 bits per heavy atom. The highest BCUT2D eigenvalue weighted by Crippen LogP contribution is 2.44. The number of rotatable bonds is 7. The monoisotopic (exact) mass is 295 g/mol. The van der Waals surface area contributed by atoms with Gasteiger partial charge in [0.1, 0.15) is 0 Å². The Bertz CT molecular complexity index is 481. The number of carbonyl (C=O) groups excluding carboxylic acids is 1. The van der Waals surface area contributed by atoms with Crippen LogP contribution in [0.15, 0.2) is 12.4 Å². The van der Waals surface area contributed by atoms with E-state index in [1.54, 1.807) is 4.68 Å². The summed E-state index contributed by atoms with van der Waals surface area (Å²) in [5.41, 5.74) is 0.999. The summed E-state index contributed by atoms with van der Waals surface area (Å²) in [6.07, 6.45) is 5.74. The first-order valence-corrected chi connectivity index (χ1v) is 7.23. The average molecular weight is 295 g/mol. The number of hydrogen-bond donors (Lipinski definition) is 3. The van der Waals surface area contributed by atoms with Crippen molar-refractivity contribution in [1.29, 1.82) is 0 Å². The Balaban J connectivity index is 1.80. The van der Waals surface area contributed by atoms with Crippen molar-refractivity contribution in [2.24, 2.45) is 12.5 Å². The number of carbonyl (C=O) groups is 1. The number of urea groups is 1. The Labute approximate surface area is 125 Å². The molecule has 0 aliphatic heterocycles. The van der Waals surface area contributed by atoms with Crippen molar-refractivity contribution in [1.82, 2.24) is 25.3 Å². The number of amides is 2. The fourth-order valence-corrected chi connectivity index (χ4v) is 2.30. The van der Waals surface area contributed by atoms with Crippen LogP contribution in [-0.4, -0.2) is 59.6 Å². The van der Waals surface area contributed by atoms with Crippen LogP contribution < -0.4 is 10.6 Å². The van der Waals surface area contributed by atoms with E-state index in [1.165, 1.54) is 0 Å². The molecule has 21 heavy (non-hydrogen) atoms. The van der Waals surface area contributed by atoms with E-state index in [0.29, 0.717) is 13.1 Å². The summed E-state index contributed by atoms with van der Waals surface area (Å²) in [5.74, 6) is 0. The molecule has 3 N–H and O–H groups in total. The van der Waals surface area contributed by atoms with Crippen molar-refractivity contribution in [3.8, 4) is 0 Å². The summed E-state index contributed by atoms with van der Waals surface area (Å²) in [5, 5.41) is 19.1. The van der Waals surface area contributed by atoms with Crippen LogP contribution in [-0.2, 0) is 7.05 Å². The zero-order valence-corrected chi connectivity index (χ0v) is 13.0. The molecule has 1 heterocycles. The highest BCUT2D eigenvalue weighted by Gasteiger charge is 2.42. The molecule has 0 saturated heterocycles. The predicted octanol–water partition coefficient (Wildman–Crippen LogP) is 0.0945. The van der Waals surface area contributed by atoms with Gasteiger partial charge in [0, 0.05) is 37.3 Å². The minimum Gasteiger partial charge on any atom is -0.396 e. The fourth-order valence-electron chi connectivity index (χ4n) is 2.30. The lowest BCUT2D eigenvalue weighted by Crippen LogP contribution is -2.42. The van der Waals surface area contributed by atoms with Crippen molar-refractivity contribution >= 4 is 6.03 Å². The van der Waals surface area contributed by atoms with Crippen LogP contribution >= 0.6 is 0 Å². The number of nitrogens with one attached hydrogen (secondary N) is 2. The molecule has 1 atom stereocenters. The first-order chi connectivity index (χ1) is 9.96. The van der Waals surface area contributed by atoms with Gasteiger partial charge in [-0.25, -0.2) is 4.79 Å². The molecule has 0 aromatic carbocycles. The van der Waals surface area contributed by atoms with Crippen molar-refractivity contribution in [2.75, 3.05) is 33.8 Å². The Morgan fingerprint density at radius 3 is 2.71 bits per heavy atom. The first kappa shape index (κ1) is 15.8. The number of likely N-dealkylation sites (N-methyl/N-ethyl adjacent to an activating group) is 1. The Morgan fingerprint density at radius 2 is 2.24 bits per heavy atom. The molecule has 7 nitrogen and oxygen atoms in total. The van der Waals surface area contributed by atoms with Gasteiger partial charge < -0.3 is 20.6 Å². The molecule has 1 aromatic heterocycles. The molecule has 1 aliphatic carbocycles. The summed E-state index contributed by atoms with van der Waals surface area (Å²) in [7, 11) is 5.82. The SMILES string of the molecule is CN(C)C(CNC(=O)NCC1(CO)CC1)c1cnn(C)c1. The lowest BCUT2D eigenvalue weighted by Gasteiger charge is -2.24. The lowest BCUT2D eigenvalue weighted by atomic mass is 10.1. The number of nitrogens with zero attached hydrogens (tertiary/aromatic N) is 3. The second-order valence-electron chi connectivity index (χ2n) is 6.15. The van der Waals surface area contributed by atoms with Crippen LogP contribution in [0.4, 0.5) is 4.79 Å². The second-order valence-corrected chi connectivity index (χ2v) is 6.15. The Kier molecular flexibility index (Phi) is 4.84. The molecular weight excluding hydrogens is 270 g/mol. The van der Waals surface area contributed by atoms with E-state index in [9.17, 15) is 9.90 Å². The van der Waals surface area contributed by atoms with Crippen molar-refractivity contribution in [3.63, 3.8) is 0 Å². The number of aryl methyl sites for hydroxylation is 1. The Hall–Kier alpha value is -1.60. The molecule has 0 radical (unpaired) electrons. The van der Waals surface area contributed by atoms with E-state index in [4.69, 9.17) is 0 Å². The standard InChI is InChI=1S/C14H25N5O2/c1-18(2)12(11-6-17-19(3)8-11)7-15-13(21)16-9-14(10-20)4-5-14/h6,8,12,20H,4-5,7,9-10H2,1-3H3,(H2,15,16,21). The van der Waals surface area contributed by atoms with Gasteiger partial charge in [0.15, 0.2) is 0 Å². The van der Waals surface area contributed by atoms with Crippen LogP contribution in [0.2, 0.25) is 0 Å². The molecule has 7 heteroatoms. The molecule has 1 saturated carbocycles. The summed E-state index contributed by atoms with van der Waals surface area (Å²) >= 11 is 0. The normalized spacial score (nSPS) is 17.6. The summed E-state index contributed by atoms with van der Waals surface area (Å²) < 4.78 is 1.75. The molecule has 0 spiro atoms. The molecule has 118 valence electrons. The molecular formula is C14H25N5O2. The molecule has 2 rings (SSSR count). The zero-order valence-electron chi connectivity index (χ0n) is 13.0. The molecule has 2 amide bonds. The third kappa shape index (κ3) is 4.18. The molecule has 1 aliphatic rings. The minimum atomic E-state index is -0.189. The maximum atomic E-state index is 11.9. The van der Waals surface area contributed by atoms with E-state index in [1.807, 2.05) is 38.4 Å². The third-order valence-corrected chi connectivity index (χ3v) is 4.11. The van der Waals surface area contributed by atoms with Crippen LogP contribution in [0.1, 0.15) is 24.4 Å². The molecule has 0 bridgehead atoms. The van der Waals surface area contributed by atoms with Crippen LogP contribution in [0.3, 0.4) is 0 Å². The maximum absolute atomic E-state index is 11.9. The molecule has 1 aromatic rings. The third-order valence-electron chi connectivity index (χ3n) is 4.11. The van der Waals surface area contributed by atoms with Crippen molar-refractivity contribution < 1.29 is 9.90 Å². The van der Waals surface area contributed by atoms with Gasteiger partial charge in [0.05, 0.1) is 18.8 Å². The van der Waals surface area contributed by atoms with Gasteiger partial charge in [-0.1, -0.05) is 0 Å². The van der Waals surface area contributed by atoms with Gasteiger partial charge in [0.2, 0.25) is 0 Å². The fraction of sp³-hybridized carbons (Fsp3) is 0.714. The second kappa shape index (κ2) is 6.44. The lowest BCUT2D eigenvalue weighted by molar-refractivity contribution is 0.201. The van der Waals surface area contributed by atoms with E-state index in [0.717, 1.165) is 18.4 Å². The van der Waals surface area contributed by atoms with E-state index < -0.39 is 0 Å². The van der Waals surface area contributed by atoms with Gasteiger partial charge >= 0.3 is 6.03 Å². The zero-order chi connectivity index (χ0) is 15.5. The van der Waals surface area contributed by atoms with Crippen molar-refractivity contribution in [2.45, 2.75) is 18.9 Å². The smallest absolute Gasteiger partial charge is 0.314 e. The number of hydrogen-bond acceptors (Lipinski definition) is 4. The maximum Gasteiger partial charge on any atom is 0.314 e. The summed E-state index contributed by atoms with van der Waals surface area (Å²) in [6.45, 7) is 1.19. The van der Waals surface area contributed by atoms with Crippen molar-refractivity contribution in [3.05, 3.63) is 18.0 Å².